The Bertz CT molecular complexity index is 1260. The van der Waals surface area contributed by atoms with Crippen LogP contribution in [-0.4, -0.2) is 26.6 Å². The summed E-state index contributed by atoms with van der Waals surface area (Å²) in [6.45, 7) is 2.80. The third-order valence-corrected chi connectivity index (χ3v) is 6.46. The number of amides is 2. The quantitative estimate of drug-likeness (QED) is 0.310. The molecule has 4 aromatic rings. The fourth-order valence-corrected chi connectivity index (χ4v) is 4.76. The Morgan fingerprint density at radius 1 is 0.781 bits per heavy atom. The summed E-state index contributed by atoms with van der Waals surface area (Å²) in [5.41, 5.74) is 3.53. The van der Waals surface area contributed by atoms with E-state index in [9.17, 15) is 9.59 Å². The molecule has 6 nitrogen and oxygen atoms in total. The second kappa shape index (κ2) is 8.43. The fraction of sp³-hybridized carbons (Fsp3) is 0.120. The highest BCUT2D eigenvalue weighted by molar-refractivity contribution is 7.98. The van der Waals surface area contributed by atoms with Gasteiger partial charge in [-0.05, 0) is 48.9 Å². The van der Waals surface area contributed by atoms with Gasteiger partial charge in [0.25, 0.3) is 11.8 Å². The van der Waals surface area contributed by atoms with E-state index in [0.717, 1.165) is 28.8 Å². The molecule has 158 valence electrons. The minimum atomic E-state index is -0.297. The molecule has 1 aromatic heterocycles. The van der Waals surface area contributed by atoms with E-state index in [0.29, 0.717) is 16.8 Å². The maximum atomic E-state index is 12.7. The number of rotatable bonds is 6. The molecular weight excluding hydrogens is 420 g/mol. The molecule has 0 unspecified atom stereocenters. The molecule has 0 N–H and O–H groups in total. The molecule has 0 aliphatic carbocycles. The van der Waals surface area contributed by atoms with Crippen LogP contribution in [0.5, 0.6) is 0 Å². The minimum absolute atomic E-state index is 0.297. The number of aromatic nitrogens is 3. The van der Waals surface area contributed by atoms with E-state index in [2.05, 4.69) is 33.8 Å². The zero-order chi connectivity index (χ0) is 22.1. The Kier molecular flexibility index (Phi) is 5.33. The van der Waals surface area contributed by atoms with Crippen molar-refractivity contribution in [2.75, 3.05) is 4.90 Å². The third kappa shape index (κ3) is 3.50. The van der Waals surface area contributed by atoms with Gasteiger partial charge in [0, 0.05) is 17.9 Å². The van der Waals surface area contributed by atoms with E-state index < -0.39 is 0 Å². The van der Waals surface area contributed by atoms with Gasteiger partial charge >= 0.3 is 0 Å². The highest BCUT2D eigenvalue weighted by atomic mass is 32.2. The zero-order valence-electron chi connectivity index (χ0n) is 17.4. The van der Waals surface area contributed by atoms with Gasteiger partial charge in [-0.1, -0.05) is 54.2 Å². The smallest absolute Gasteiger partial charge is 0.266 e. The van der Waals surface area contributed by atoms with Crippen molar-refractivity contribution in [1.82, 2.24) is 14.8 Å². The Morgan fingerprint density at radius 3 is 2.03 bits per heavy atom. The molecule has 0 bridgehead atoms. The first-order chi connectivity index (χ1) is 15.7. The maximum Gasteiger partial charge on any atom is 0.266 e. The van der Waals surface area contributed by atoms with E-state index in [1.54, 1.807) is 48.2 Å². The second-order valence-electron chi connectivity index (χ2n) is 7.36. The zero-order valence-corrected chi connectivity index (χ0v) is 18.2. The van der Waals surface area contributed by atoms with Gasteiger partial charge in [0.05, 0.1) is 16.8 Å². The van der Waals surface area contributed by atoms with Crippen molar-refractivity contribution in [1.29, 1.82) is 0 Å². The lowest BCUT2D eigenvalue weighted by Crippen LogP contribution is -2.29. The predicted octanol–water partition coefficient (Wildman–Crippen LogP) is 5.06. The molecule has 32 heavy (non-hydrogen) atoms. The molecule has 0 saturated carbocycles. The van der Waals surface area contributed by atoms with E-state index in [1.165, 1.54) is 10.5 Å². The van der Waals surface area contributed by atoms with Gasteiger partial charge in [0.1, 0.15) is 0 Å². The average molecular weight is 441 g/mol. The second-order valence-corrected chi connectivity index (χ2v) is 8.31. The monoisotopic (exact) mass is 440 g/mol. The van der Waals surface area contributed by atoms with E-state index in [-0.39, 0.29) is 11.8 Å². The molecule has 0 fully saturated rings. The highest BCUT2D eigenvalue weighted by Gasteiger charge is 2.36. The first-order valence-electron chi connectivity index (χ1n) is 10.4. The van der Waals surface area contributed by atoms with Gasteiger partial charge < -0.3 is 4.57 Å². The van der Waals surface area contributed by atoms with Crippen LogP contribution in [0.4, 0.5) is 5.69 Å². The number of benzene rings is 3. The molecule has 7 heteroatoms. The summed E-state index contributed by atoms with van der Waals surface area (Å²) in [4.78, 5) is 26.7. The molecule has 2 heterocycles. The van der Waals surface area contributed by atoms with E-state index in [1.807, 2.05) is 30.3 Å². The number of hydrogen-bond acceptors (Lipinski definition) is 5. The lowest BCUT2D eigenvalue weighted by molar-refractivity contribution is 0.0926. The maximum absolute atomic E-state index is 12.7. The van der Waals surface area contributed by atoms with Crippen LogP contribution in [0, 0.1) is 0 Å². The fourth-order valence-electron chi connectivity index (χ4n) is 3.80. The van der Waals surface area contributed by atoms with Crippen molar-refractivity contribution in [3.05, 3.63) is 95.6 Å². The lowest BCUT2D eigenvalue weighted by atomic mass is 10.1. The number of fused-ring (bicyclic) bond motifs is 1. The normalized spacial score (nSPS) is 13.0. The Labute approximate surface area is 189 Å². The van der Waals surface area contributed by atoms with Crippen molar-refractivity contribution >= 4 is 29.3 Å². The first-order valence-corrected chi connectivity index (χ1v) is 11.3. The molecule has 5 rings (SSSR count). The number of imide groups is 1. The van der Waals surface area contributed by atoms with Crippen LogP contribution < -0.4 is 4.90 Å². The predicted molar refractivity (Wildman–Crippen MR) is 125 cm³/mol. The summed E-state index contributed by atoms with van der Waals surface area (Å²) >= 11 is 1.65. The summed E-state index contributed by atoms with van der Waals surface area (Å²) in [5.74, 6) is 0.985. The van der Waals surface area contributed by atoms with Gasteiger partial charge in [0.15, 0.2) is 11.0 Å². The molecule has 2 amide bonds. The Balaban J connectivity index is 1.38. The molecule has 3 aromatic carbocycles. The number of nitrogens with zero attached hydrogens (tertiary/aromatic N) is 4. The first kappa shape index (κ1) is 20.2. The summed E-state index contributed by atoms with van der Waals surface area (Å²) < 4.78 is 2.07. The van der Waals surface area contributed by atoms with Crippen LogP contribution in [0.1, 0.15) is 33.2 Å². The molecule has 0 atom stereocenters. The van der Waals surface area contributed by atoms with Crippen LogP contribution in [0.3, 0.4) is 0 Å². The standard InChI is InChI=1S/C25H20N4O2S/c1-2-28-22(26-27-25(28)32-16-17-8-4-3-5-9-17)18-12-14-19(15-13-18)29-23(30)20-10-6-7-11-21(20)24(29)31/h3-15H,2,16H2,1H3. The number of hydrogen-bond donors (Lipinski definition) is 0. The summed E-state index contributed by atoms with van der Waals surface area (Å²) in [6, 6.07) is 24.5. The molecule has 1 aliphatic rings. The molecule has 1 aliphatic heterocycles. The summed E-state index contributed by atoms with van der Waals surface area (Å²) in [5, 5.41) is 9.65. The average Bonchev–Trinajstić information content (AvgIpc) is 3.37. The number of carbonyl (C=O) groups excluding carboxylic acids is 2. The van der Waals surface area contributed by atoms with Gasteiger partial charge in [-0.15, -0.1) is 10.2 Å². The summed E-state index contributed by atoms with van der Waals surface area (Å²) in [6.07, 6.45) is 0. The van der Waals surface area contributed by atoms with Crippen LogP contribution in [0.25, 0.3) is 11.4 Å². The minimum Gasteiger partial charge on any atom is -0.302 e. The van der Waals surface area contributed by atoms with Gasteiger partial charge in [-0.3, -0.25) is 9.59 Å². The summed E-state index contributed by atoms with van der Waals surface area (Å²) in [7, 11) is 0. The van der Waals surface area contributed by atoms with Crippen molar-refractivity contribution in [2.45, 2.75) is 24.4 Å². The van der Waals surface area contributed by atoms with Crippen LogP contribution >= 0.6 is 11.8 Å². The van der Waals surface area contributed by atoms with Crippen molar-refractivity contribution < 1.29 is 9.59 Å². The molecular formula is C25H20N4O2S. The largest absolute Gasteiger partial charge is 0.302 e. The van der Waals surface area contributed by atoms with Crippen LogP contribution in [0.2, 0.25) is 0 Å². The van der Waals surface area contributed by atoms with Gasteiger partial charge in [0.2, 0.25) is 0 Å². The van der Waals surface area contributed by atoms with Crippen molar-refractivity contribution in [2.24, 2.45) is 0 Å². The Hall–Kier alpha value is -3.71. The Morgan fingerprint density at radius 2 is 1.41 bits per heavy atom. The molecule has 0 radical (unpaired) electrons. The topological polar surface area (TPSA) is 68.1 Å². The highest BCUT2D eigenvalue weighted by Crippen LogP contribution is 2.31. The SMILES string of the molecule is CCn1c(SCc2ccccc2)nnc1-c1ccc(N2C(=O)c3ccccc3C2=O)cc1. The van der Waals surface area contributed by atoms with Gasteiger partial charge in [-0.25, -0.2) is 4.90 Å². The molecule has 0 spiro atoms. The molecule has 0 saturated heterocycles. The number of anilines is 1. The van der Waals surface area contributed by atoms with Gasteiger partial charge in [-0.2, -0.15) is 0 Å². The number of carbonyl (C=O) groups is 2. The van der Waals surface area contributed by atoms with E-state index in [4.69, 9.17) is 0 Å². The van der Waals surface area contributed by atoms with Crippen molar-refractivity contribution in [3.8, 4) is 11.4 Å². The van der Waals surface area contributed by atoms with Crippen LogP contribution in [-0.2, 0) is 12.3 Å². The van der Waals surface area contributed by atoms with Crippen LogP contribution in [0.15, 0.2) is 84.0 Å². The third-order valence-electron chi connectivity index (χ3n) is 5.42. The number of thioether (sulfide) groups is 1. The van der Waals surface area contributed by atoms with Crippen molar-refractivity contribution in [3.63, 3.8) is 0 Å². The lowest BCUT2D eigenvalue weighted by Gasteiger charge is -2.14. The van der Waals surface area contributed by atoms with E-state index >= 15 is 0 Å².